The first kappa shape index (κ1) is 41.6. The van der Waals surface area contributed by atoms with Crippen molar-refractivity contribution in [2.45, 2.75) is 63.2 Å². The SMILES string of the molecule is O=C(O)C1CCC(c2ccc(Cl)cc2)CC1.O=C1C(Cl)=C(C2CCC(c3ccc(Cl)cc3)CC2)C(=O)c2ccccc21.O=C1C(Cl)=C(Cl)C(=O)c2ccccc21. The Hall–Kier alpha value is -4.04. The van der Waals surface area contributed by atoms with Gasteiger partial charge in [-0.3, -0.25) is 24.0 Å². The number of carbonyl (C=O) groups excluding carboxylic acids is 4. The molecule has 0 aromatic heterocycles. The fourth-order valence-corrected chi connectivity index (χ4v) is 8.87. The molecule has 4 aliphatic carbocycles. The normalized spacial score (nSPS) is 21.9. The number of allylic oxidation sites excluding steroid dienone is 4. The van der Waals surface area contributed by atoms with Crippen molar-refractivity contribution in [3.05, 3.63) is 161 Å². The number of benzene rings is 4. The van der Waals surface area contributed by atoms with E-state index in [0.717, 1.165) is 61.4 Å². The van der Waals surface area contributed by atoms with Gasteiger partial charge < -0.3 is 5.11 Å². The molecule has 11 heteroatoms. The second-order valence-corrected chi connectivity index (χ2v) is 16.3. The maximum absolute atomic E-state index is 13.0. The third kappa shape index (κ3) is 9.22. The van der Waals surface area contributed by atoms with E-state index in [1.165, 1.54) is 11.1 Å². The van der Waals surface area contributed by atoms with Gasteiger partial charge in [-0.25, -0.2) is 0 Å². The van der Waals surface area contributed by atoms with Crippen LogP contribution in [0.4, 0.5) is 0 Å². The highest BCUT2D eigenvalue weighted by Crippen LogP contribution is 2.43. The fraction of sp³-hybridized carbons (Fsp3) is 0.267. The molecule has 1 N–H and O–H groups in total. The zero-order valence-corrected chi connectivity index (χ0v) is 33.9. The van der Waals surface area contributed by atoms with Crippen molar-refractivity contribution in [2.75, 3.05) is 0 Å². The predicted molar refractivity (Wildman–Crippen MR) is 222 cm³/mol. The Labute approximate surface area is 350 Å². The van der Waals surface area contributed by atoms with Crippen LogP contribution >= 0.6 is 58.0 Å². The number of hydrogen-bond donors (Lipinski definition) is 1. The molecule has 56 heavy (non-hydrogen) atoms. The van der Waals surface area contributed by atoms with Gasteiger partial charge in [0, 0.05) is 37.9 Å². The largest absolute Gasteiger partial charge is 0.481 e. The van der Waals surface area contributed by atoms with Crippen LogP contribution < -0.4 is 0 Å². The van der Waals surface area contributed by atoms with Crippen LogP contribution in [-0.4, -0.2) is 34.2 Å². The number of fused-ring (bicyclic) bond motifs is 2. The van der Waals surface area contributed by atoms with Crippen molar-refractivity contribution in [3.8, 4) is 0 Å². The lowest BCUT2D eigenvalue weighted by Gasteiger charge is -2.32. The Morgan fingerprint density at radius 2 is 0.750 bits per heavy atom. The molecule has 0 heterocycles. The second kappa shape index (κ2) is 18.5. The van der Waals surface area contributed by atoms with E-state index >= 15 is 0 Å². The Morgan fingerprint density at radius 3 is 1.12 bits per heavy atom. The maximum Gasteiger partial charge on any atom is 0.306 e. The van der Waals surface area contributed by atoms with Gasteiger partial charge in [-0.1, -0.05) is 131 Å². The smallest absolute Gasteiger partial charge is 0.306 e. The summed E-state index contributed by atoms with van der Waals surface area (Å²) in [5.41, 5.74) is 4.61. The highest BCUT2D eigenvalue weighted by Gasteiger charge is 2.37. The Morgan fingerprint density at radius 1 is 0.429 bits per heavy atom. The lowest BCUT2D eigenvalue weighted by atomic mass is 9.72. The first-order valence-electron chi connectivity index (χ1n) is 18.4. The molecule has 2 saturated carbocycles. The maximum atomic E-state index is 13.0. The van der Waals surface area contributed by atoms with E-state index in [1.807, 2.05) is 36.4 Å². The number of hydrogen-bond acceptors (Lipinski definition) is 5. The molecule has 4 aromatic carbocycles. The standard InChI is InChI=1S/C22H18Cl2O2.C13H15ClO2.C10H4Cl2O2/c23-16-11-9-14(10-12-16)13-5-7-15(8-6-13)19-20(24)22(26)18-4-2-1-3-17(18)21(19)25;14-12-7-5-10(6-8-12)9-1-3-11(4-2-9)13(15)16;11-7-8(12)10(14)6-4-2-1-3-5(6)9(7)13/h1-4,9-13,15H,5-8H2;5-9,11H,1-4H2,(H,15,16);1-4H. The highest BCUT2D eigenvalue weighted by molar-refractivity contribution is 6.59. The minimum atomic E-state index is -0.644. The number of carboxylic acids is 1. The Bertz CT molecular complexity index is 2180. The lowest BCUT2D eigenvalue weighted by molar-refractivity contribution is -0.142. The topological polar surface area (TPSA) is 106 Å². The van der Waals surface area contributed by atoms with Gasteiger partial charge in [0.2, 0.25) is 17.3 Å². The summed E-state index contributed by atoms with van der Waals surface area (Å²) in [6, 6.07) is 29.3. The van der Waals surface area contributed by atoms with Crippen LogP contribution in [0.25, 0.3) is 0 Å². The van der Waals surface area contributed by atoms with E-state index < -0.39 is 17.5 Å². The molecule has 0 saturated heterocycles. The average molecular weight is 851 g/mol. The molecule has 0 unspecified atom stereocenters. The molecule has 0 bridgehead atoms. The molecule has 288 valence electrons. The molecule has 2 fully saturated rings. The predicted octanol–water partition coefficient (Wildman–Crippen LogP) is 12.6. The monoisotopic (exact) mass is 848 g/mol. The summed E-state index contributed by atoms with van der Waals surface area (Å²) in [5, 5.41) is 10.1. The summed E-state index contributed by atoms with van der Waals surface area (Å²) in [5.74, 6) is -0.859. The Balaban J connectivity index is 0.000000152. The van der Waals surface area contributed by atoms with Gasteiger partial charge in [-0.2, -0.15) is 0 Å². The van der Waals surface area contributed by atoms with Gasteiger partial charge in [0.05, 0.1) is 11.0 Å². The molecular formula is C45H37Cl5O6. The first-order chi connectivity index (χ1) is 26.8. The number of rotatable bonds is 4. The van der Waals surface area contributed by atoms with Crippen LogP contribution in [-0.2, 0) is 4.79 Å². The molecule has 4 aliphatic rings. The number of aliphatic carboxylic acids is 1. The molecule has 6 nitrogen and oxygen atoms in total. The molecule has 4 aromatic rings. The first-order valence-corrected chi connectivity index (χ1v) is 20.3. The Kier molecular flexibility index (Phi) is 13.7. The molecule has 8 rings (SSSR count). The van der Waals surface area contributed by atoms with Gasteiger partial charge in [0.1, 0.15) is 10.1 Å². The van der Waals surface area contributed by atoms with Gasteiger partial charge in [-0.15, -0.1) is 0 Å². The number of ketones is 4. The zero-order valence-electron chi connectivity index (χ0n) is 30.1. The lowest BCUT2D eigenvalue weighted by Crippen LogP contribution is -2.27. The summed E-state index contributed by atoms with van der Waals surface area (Å²) in [6.07, 6.45) is 7.20. The molecule has 0 aliphatic heterocycles. The fourth-order valence-electron chi connectivity index (χ4n) is 7.90. The van der Waals surface area contributed by atoms with Crippen molar-refractivity contribution in [3.63, 3.8) is 0 Å². The molecule has 0 atom stereocenters. The summed E-state index contributed by atoms with van der Waals surface area (Å²) in [7, 11) is 0. The van der Waals surface area contributed by atoms with E-state index in [1.54, 1.807) is 48.5 Å². The van der Waals surface area contributed by atoms with Crippen LogP contribution in [0.15, 0.2) is 118 Å². The van der Waals surface area contributed by atoms with Gasteiger partial charge in [-0.05, 0) is 105 Å². The van der Waals surface area contributed by atoms with Gasteiger partial charge >= 0.3 is 5.97 Å². The minimum Gasteiger partial charge on any atom is -0.481 e. The summed E-state index contributed by atoms with van der Waals surface area (Å²) >= 11 is 29.4. The van der Waals surface area contributed by atoms with Gasteiger partial charge in [0.15, 0.2) is 5.78 Å². The van der Waals surface area contributed by atoms with Crippen LogP contribution in [0, 0.1) is 11.8 Å². The van der Waals surface area contributed by atoms with E-state index in [4.69, 9.17) is 63.1 Å². The van der Waals surface area contributed by atoms with E-state index in [9.17, 15) is 24.0 Å². The number of carbonyl (C=O) groups is 5. The second-order valence-electron chi connectivity index (χ2n) is 14.3. The minimum absolute atomic E-state index is 0.0517. The molecule has 0 radical (unpaired) electrons. The third-order valence-corrected chi connectivity index (χ3v) is 12.7. The van der Waals surface area contributed by atoms with Crippen molar-refractivity contribution in [2.24, 2.45) is 11.8 Å². The van der Waals surface area contributed by atoms with Crippen LogP contribution in [0.5, 0.6) is 0 Å². The highest BCUT2D eigenvalue weighted by atomic mass is 35.5. The molecule has 0 amide bonds. The van der Waals surface area contributed by atoms with Crippen LogP contribution in [0.1, 0.15) is 116 Å². The van der Waals surface area contributed by atoms with Gasteiger partial charge in [0.25, 0.3) is 0 Å². The van der Waals surface area contributed by atoms with Crippen molar-refractivity contribution in [1.82, 2.24) is 0 Å². The summed E-state index contributed by atoms with van der Waals surface area (Å²) in [4.78, 5) is 59.4. The van der Waals surface area contributed by atoms with E-state index in [0.29, 0.717) is 39.7 Å². The molecule has 0 spiro atoms. The third-order valence-electron chi connectivity index (χ3n) is 11.0. The molecular weight excluding hydrogens is 814 g/mol. The quantitative estimate of drug-likeness (QED) is 0.219. The van der Waals surface area contributed by atoms with Crippen molar-refractivity contribution >= 4 is 87.1 Å². The van der Waals surface area contributed by atoms with E-state index in [2.05, 4.69) is 12.1 Å². The van der Waals surface area contributed by atoms with E-state index in [-0.39, 0.29) is 38.5 Å². The number of carboxylic acid groups (broad SMARTS) is 1. The number of halogens is 5. The summed E-state index contributed by atoms with van der Waals surface area (Å²) < 4.78 is 0. The van der Waals surface area contributed by atoms with Crippen molar-refractivity contribution < 1.29 is 29.1 Å². The van der Waals surface area contributed by atoms with Crippen LogP contribution in [0.3, 0.4) is 0 Å². The summed E-state index contributed by atoms with van der Waals surface area (Å²) in [6.45, 7) is 0. The average Bonchev–Trinajstić information content (AvgIpc) is 3.23. The van der Waals surface area contributed by atoms with Crippen molar-refractivity contribution in [1.29, 1.82) is 0 Å². The number of Topliss-reactive ketones (excluding diaryl/α,β-unsaturated/α-hetero) is 4. The zero-order chi connectivity index (χ0) is 40.1. The van der Waals surface area contributed by atoms with Crippen LogP contribution in [0.2, 0.25) is 10.0 Å².